The van der Waals surface area contributed by atoms with Gasteiger partial charge in [0, 0.05) is 10.9 Å². The summed E-state index contributed by atoms with van der Waals surface area (Å²) in [6.07, 6.45) is 0. The largest absolute Gasteiger partial charge is 0.508 e. The Bertz CT molecular complexity index is 844. The van der Waals surface area contributed by atoms with Gasteiger partial charge in [-0.15, -0.1) is 0 Å². The van der Waals surface area contributed by atoms with Crippen molar-refractivity contribution in [3.05, 3.63) is 59.1 Å². The Labute approximate surface area is 125 Å². The van der Waals surface area contributed by atoms with Crippen LogP contribution in [0.3, 0.4) is 0 Å². The molecule has 0 saturated heterocycles. The molecule has 21 heavy (non-hydrogen) atoms. The van der Waals surface area contributed by atoms with E-state index in [0.717, 1.165) is 0 Å². The molecule has 5 heteroatoms. The molecule has 4 nitrogen and oxygen atoms in total. The molecule has 2 aromatic carbocycles. The topological polar surface area (TPSA) is 70.4 Å². The minimum Gasteiger partial charge on any atom is -0.508 e. The second-order valence-electron chi connectivity index (χ2n) is 4.54. The Hall–Kier alpha value is -2.59. The molecule has 0 saturated carbocycles. The number of hydrogen-bond donors (Lipinski definition) is 2. The zero-order chi connectivity index (χ0) is 15.0. The first-order valence-electron chi connectivity index (χ1n) is 6.18. The number of carboxylic acid groups (broad SMARTS) is 1. The Morgan fingerprint density at radius 3 is 2.48 bits per heavy atom. The monoisotopic (exact) mass is 299 g/mol. The molecule has 0 aliphatic carbocycles. The predicted molar refractivity (Wildman–Crippen MR) is 80.8 cm³/mol. The van der Waals surface area contributed by atoms with Crippen molar-refractivity contribution >= 4 is 28.5 Å². The van der Waals surface area contributed by atoms with Crippen LogP contribution in [0.1, 0.15) is 10.4 Å². The normalized spacial score (nSPS) is 10.7. The van der Waals surface area contributed by atoms with E-state index >= 15 is 0 Å². The minimum atomic E-state index is -1.04. The van der Waals surface area contributed by atoms with E-state index in [1.165, 1.54) is 18.2 Å². The Kier molecular flexibility index (Phi) is 3.23. The number of nitrogens with zero attached hydrogens (tertiary/aromatic N) is 1. The highest BCUT2D eigenvalue weighted by Gasteiger charge is 2.14. The molecular formula is C16H10ClNO3. The van der Waals surface area contributed by atoms with Gasteiger partial charge in [-0.25, -0.2) is 9.78 Å². The maximum absolute atomic E-state index is 11.5. The van der Waals surface area contributed by atoms with Gasteiger partial charge in [0.1, 0.15) is 5.75 Å². The summed E-state index contributed by atoms with van der Waals surface area (Å²) in [6.45, 7) is 0. The number of pyridine rings is 1. The van der Waals surface area contributed by atoms with Crippen molar-refractivity contribution in [1.29, 1.82) is 0 Å². The van der Waals surface area contributed by atoms with Crippen LogP contribution in [0.25, 0.3) is 22.2 Å². The fourth-order valence-corrected chi connectivity index (χ4v) is 2.39. The average molecular weight is 300 g/mol. The van der Waals surface area contributed by atoms with E-state index < -0.39 is 5.97 Å². The van der Waals surface area contributed by atoms with E-state index in [4.69, 9.17) is 11.6 Å². The number of carbonyl (C=O) groups is 1. The van der Waals surface area contributed by atoms with Crippen molar-refractivity contribution < 1.29 is 15.0 Å². The summed E-state index contributed by atoms with van der Waals surface area (Å²) >= 11 is 6.12. The molecule has 3 rings (SSSR count). The smallest absolute Gasteiger partial charge is 0.336 e. The predicted octanol–water partition coefficient (Wildman–Crippen LogP) is 3.96. The molecule has 2 N–H and O–H groups in total. The molecule has 3 aromatic rings. The van der Waals surface area contributed by atoms with Crippen molar-refractivity contribution in [2.45, 2.75) is 0 Å². The molecule has 0 spiro atoms. The highest BCUT2D eigenvalue weighted by molar-refractivity contribution is 6.35. The van der Waals surface area contributed by atoms with Crippen LogP contribution in [-0.2, 0) is 0 Å². The molecule has 104 valence electrons. The molecule has 0 aliphatic rings. The summed E-state index contributed by atoms with van der Waals surface area (Å²) in [6, 6.07) is 12.9. The van der Waals surface area contributed by atoms with Crippen molar-refractivity contribution in [2.75, 3.05) is 0 Å². The highest BCUT2D eigenvalue weighted by Crippen LogP contribution is 2.29. The van der Waals surface area contributed by atoms with Crippen molar-refractivity contribution in [3.63, 3.8) is 0 Å². The summed E-state index contributed by atoms with van der Waals surface area (Å²) in [5.74, 6) is -0.902. The summed E-state index contributed by atoms with van der Waals surface area (Å²) in [4.78, 5) is 15.9. The molecular weight excluding hydrogens is 290 g/mol. The van der Waals surface area contributed by atoms with E-state index in [-0.39, 0.29) is 11.3 Å². The van der Waals surface area contributed by atoms with Gasteiger partial charge in [-0.05, 0) is 36.4 Å². The van der Waals surface area contributed by atoms with Crippen LogP contribution in [0.5, 0.6) is 5.75 Å². The maximum atomic E-state index is 11.5. The highest BCUT2D eigenvalue weighted by atomic mass is 35.5. The number of benzene rings is 2. The fraction of sp³-hybridized carbons (Fsp3) is 0. The number of aromatic nitrogens is 1. The van der Waals surface area contributed by atoms with Gasteiger partial charge in [0.25, 0.3) is 0 Å². The van der Waals surface area contributed by atoms with Gasteiger partial charge in [-0.2, -0.15) is 0 Å². The zero-order valence-electron chi connectivity index (χ0n) is 10.7. The molecule has 1 heterocycles. The molecule has 0 radical (unpaired) electrons. The lowest BCUT2D eigenvalue weighted by molar-refractivity contribution is 0.0699. The number of phenols is 1. The van der Waals surface area contributed by atoms with Gasteiger partial charge in [0.05, 0.1) is 21.8 Å². The van der Waals surface area contributed by atoms with E-state index in [0.29, 0.717) is 27.2 Å². The number of carboxylic acids is 1. The van der Waals surface area contributed by atoms with Gasteiger partial charge in [-0.3, -0.25) is 0 Å². The van der Waals surface area contributed by atoms with Crippen LogP contribution in [0.4, 0.5) is 0 Å². The van der Waals surface area contributed by atoms with E-state index in [2.05, 4.69) is 4.98 Å². The maximum Gasteiger partial charge on any atom is 0.336 e. The number of para-hydroxylation sites is 1. The van der Waals surface area contributed by atoms with Crippen LogP contribution in [0.15, 0.2) is 48.5 Å². The molecule has 0 fully saturated rings. The summed E-state index contributed by atoms with van der Waals surface area (Å²) in [5.41, 5.74) is 1.79. The Morgan fingerprint density at radius 2 is 1.81 bits per heavy atom. The first-order chi connectivity index (χ1) is 10.1. The molecule has 0 bridgehead atoms. The van der Waals surface area contributed by atoms with Crippen LogP contribution < -0.4 is 0 Å². The Balaban J connectivity index is 2.32. The van der Waals surface area contributed by atoms with Gasteiger partial charge >= 0.3 is 5.97 Å². The van der Waals surface area contributed by atoms with Crippen LogP contribution in [0.2, 0.25) is 5.02 Å². The molecule has 0 amide bonds. The SMILES string of the molecule is O=C(O)c1cc(-c2ccc(O)cc2)nc2c(Cl)cccc12. The number of rotatable bonds is 2. The number of phenolic OH excluding ortho intramolecular Hbond substituents is 1. The average Bonchev–Trinajstić information content (AvgIpc) is 2.47. The van der Waals surface area contributed by atoms with Crippen LogP contribution in [0, 0.1) is 0 Å². The summed E-state index contributed by atoms with van der Waals surface area (Å²) in [5, 5.41) is 19.6. The number of halogens is 1. The fourth-order valence-electron chi connectivity index (χ4n) is 2.17. The standard InChI is InChI=1S/C16H10ClNO3/c17-13-3-1-2-11-12(16(20)21)8-14(18-15(11)13)9-4-6-10(19)7-5-9/h1-8,19H,(H,20,21). The lowest BCUT2D eigenvalue weighted by Crippen LogP contribution is -2.00. The second kappa shape index (κ2) is 5.07. The third kappa shape index (κ3) is 2.41. The minimum absolute atomic E-state index is 0.135. The van der Waals surface area contributed by atoms with Crippen molar-refractivity contribution in [1.82, 2.24) is 4.98 Å². The van der Waals surface area contributed by atoms with Crippen molar-refractivity contribution in [2.24, 2.45) is 0 Å². The third-order valence-electron chi connectivity index (χ3n) is 3.18. The van der Waals surface area contributed by atoms with Crippen LogP contribution >= 0.6 is 11.6 Å². The van der Waals surface area contributed by atoms with Gasteiger partial charge in [0.15, 0.2) is 0 Å². The molecule has 1 aromatic heterocycles. The number of aromatic hydroxyl groups is 1. The summed E-state index contributed by atoms with van der Waals surface area (Å²) < 4.78 is 0. The molecule has 0 atom stereocenters. The lowest BCUT2D eigenvalue weighted by Gasteiger charge is -2.08. The zero-order valence-corrected chi connectivity index (χ0v) is 11.5. The van der Waals surface area contributed by atoms with Gasteiger partial charge < -0.3 is 10.2 Å². The van der Waals surface area contributed by atoms with Crippen LogP contribution in [-0.4, -0.2) is 21.2 Å². The second-order valence-corrected chi connectivity index (χ2v) is 4.95. The first-order valence-corrected chi connectivity index (χ1v) is 6.56. The quantitative estimate of drug-likeness (QED) is 0.751. The number of aromatic carboxylic acids is 1. The van der Waals surface area contributed by atoms with E-state index in [1.807, 2.05) is 0 Å². The number of fused-ring (bicyclic) bond motifs is 1. The van der Waals surface area contributed by atoms with Gasteiger partial charge in [-0.1, -0.05) is 23.7 Å². The first kappa shape index (κ1) is 13.4. The van der Waals surface area contributed by atoms with E-state index in [1.54, 1.807) is 30.3 Å². The summed E-state index contributed by atoms with van der Waals surface area (Å²) in [7, 11) is 0. The third-order valence-corrected chi connectivity index (χ3v) is 3.49. The van der Waals surface area contributed by atoms with Gasteiger partial charge in [0.2, 0.25) is 0 Å². The number of hydrogen-bond acceptors (Lipinski definition) is 3. The molecule has 0 aliphatic heterocycles. The molecule has 0 unspecified atom stereocenters. The van der Waals surface area contributed by atoms with E-state index in [9.17, 15) is 15.0 Å². The Morgan fingerprint density at radius 1 is 1.10 bits per heavy atom. The van der Waals surface area contributed by atoms with Crippen molar-refractivity contribution in [3.8, 4) is 17.0 Å². The lowest BCUT2D eigenvalue weighted by atomic mass is 10.0.